The highest BCUT2D eigenvalue weighted by atomic mass is 16.5. The number of rotatable bonds is 13. The number of amides is 2. The van der Waals surface area contributed by atoms with E-state index in [1.165, 1.54) is 10.5 Å². The number of hydrogen-bond donors (Lipinski definition) is 3. The summed E-state index contributed by atoms with van der Waals surface area (Å²) in [4.78, 5) is 37.3. The largest absolute Gasteiger partial charge is 0.507 e. The maximum absolute atomic E-state index is 14.4. The standard InChI is InChI=1S/C48H49N3O6/c52-30-41-45(44(54)21-19-34(42-17-9-10-24-49-42)27-33-18-20-43(53)39-16-8-7-15-38(33)39)35(31-57-37-13-5-2-6-14-37)28-40-46(41)48(56)51(47(40)55)36-22-25-50(26-23-36)29-32-11-3-1-4-12-32/h1-18,20,24,27,36,40-41,44,46,52-54H,19,21-23,25-26,28-31H2/b34-27-/t40-,41+,44-,46-/m1/s1. The molecule has 3 heterocycles. The Labute approximate surface area is 333 Å². The van der Waals surface area contributed by atoms with Gasteiger partial charge in [0.05, 0.1) is 30.2 Å². The minimum atomic E-state index is -1.03. The van der Waals surface area contributed by atoms with Crippen LogP contribution in [0.5, 0.6) is 11.5 Å². The van der Waals surface area contributed by atoms with Gasteiger partial charge in [-0.3, -0.25) is 24.4 Å². The highest BCUT2D eigenvalue weighted by molar-refractivity contribution is 6.06. The van der Waals surface area contributed by atoms with Gasteiger partial charge in [0.15, 0.2) is 0 Å². The number of imide groups is 1. The van der Waals surface area contributed by atoms with E-state index in [1.807, 2.05) is 103 Å². The molecule has 57 heavy (non-hydrogen) atoms. The van der Waals surface area contributed by atoms with E-state index >= 15 is 0 Å². The third-order valence-electron chi connectivity index (χ3n) is 12.0. The number of aromatic hydroxyl groups is 1. The Morgan fingerprint density at radius 3 is 2.26 bits per heavy atom. The Kier molecular flexibility index (Phi) is 11.6. The summed E-state index contributed by atoms with van der Waals surface area (Å²) in [5.74, 6) is -1.70. The molecule has 0 radical (unpaired) electrons. The van der Waals surface area contributed by atoms with Crippen molar-refractivity contribution in [3.63, 3.8) is 0 Å². The second kappa shape index (κ2) is 17.3. The van der Waals surface area contributed by atoms with Crippen molar-refractivity contribution in [1.29, 1.82) is 0 Å². The number of ether oxygens (including phenoxy) is 1. The maximum Gasteiger partial charge on any atom is 0.234 e. The van der Waals surface area contributed by atoms with Gasteiger partial charge >= 0.3 is 0 Å². The predicted octanol–water partition coefficient (Wildman–Crippen LogP) is 7.28. The van der Waals surface area contributed by atoms with Crippen LogP contribution in [0.2, 0.25) is 0 Å². The number of benzene rings is 4. The van der Waals surface area contributed by atoms with Crippen LogP contribution in [0.4, 0.5) is 0 Å². The van der Waals surface area contributed by atoms with Crippen LogP contribution in [0.1, 0.15) is 48.9 Å². The number of fused-ring (bicyclic) bond motifs is 2. The number of para-hydroxylation sites is 1. The van der Waals surface area contributed by atoms with Crippen LogP contribution in [0.3, 0.4) is 0 Å². The van der Waals surface area contributed by atoms with Gasteiger partial charge in [0.1, 0.15) is 18.1 Å². The Hall–Kier alpha value is -5.61. The first-order valence-corrected chi connectivity index (χ1v) is 20.0. The number of aliphatic hydroxyl groups excluding tert-OH is 2. The number of pyridine rings is 1. The van der Waals surface area contributed by atoms with E-state index in [4.69, 9.17) is 4.74 Å². The number of nitrogens with zero attached hydrogens (tertiary/aromatic N) is 3. The van der Waals surface area contributed by atoms with E-state index in [2.05, 4.69) is 22.0 Å². The van der Waals surface area contributed by atoms with Crippen molar-refractivity contribution >= 4 is 34.2 Å². The van der Waals surface area contributed by atoms with E-state index < -0.39 is 23.9 Å². The molecular formula is C48H49N3O6. The number of aliphatic hydroxyl groups is 2. The van der Waals surface area contributed by atoms with Crippen LogP contribution in [0, 0.1) is 17.8 Å². The Morgan fingerprint density at radius 1 is 0.842 bits per heavy atom. The Bertz CT molecular complexity index is 2250. The van der Waals surface area contributed by atoms with Gasteiger partial charge < -0.3 is 20.1 Å². The van der Waals surface area contributed by atoms with Gasteiger partial charge in [-0.1, -0.05) is 84.9 Å². The normalized spacial score (nSPS) is 21.3. The van der Waals surface area contributed by atoms with Crippen LogP contribution in [0.25, 0.3) is 22.4 Å². The van der Waals surface area contributed by atoms with Crippen molar-refractivity contribution in [3.05, 3.63) is 149 Å². The fourth-order valence-electron chi connectivity index (χ4n) is 9.24. The van der Waals surface area contributed by atoms with Crippen molar-refractivity contribution in [2.75, 3.05) is 26.3 Å². The number of hydrogen-bond acceptors (Lipinski definition) is 8. The summed E-state index contributed by atoms with van der Waals surface area (Å²) in [6.45, 7) is 2.12. The molecule has 5 aromatic rings. The molecule has 0 spiro atoms. The SMILES string of the molecule is O=C1[C@@H]2[C@@H](CC(COc3ccccc3)=C([C@H](O)CC/C(=C/c3ccc(O)c4ccccc34)c3ccccn3)[C@@H]2CO)C(=O)N1C1CCN(Cc2ccccc2)CC1. The van der Waals surface area contributed by atoms with Crippen LogP contribution >= 0.6 is 0 Å². The summed E-state index contributed by atoms with van der Waals surface area (Å²) in [6, 6.07) is 36.5. The molecule has 0 unspecified atom stereocenters. The summed E-state index contributed by atoms with van der Waals surface area (Å²) in [5.41, 5.74) is 5.13. The van der Waals surface area contributed by atoms with Gasteiger partial charge in [-0.15, -0.1) is 0 Å². The van der Waals surface area contributed by atoms with Crippen LogP contribution < -0.4 is 4.74 Å². The predicted molar refractivity (Wildman–Crippen MR) is 221 cm³/mol. The Morgan fingerprint density at radius 2 is 1.54 bits per heavy atom. The van der Waals surface area contributed by atoms with E-state index in [0.29, 0.717) is 30.6 Å². The molecule has 8 rings (SSSR count). The monoisotopic (exact) mass is 763 g/mol. The minimum absolute atomic E-state index is 0.123. The van der Waals surface area contributed by atoms with E-state index in [-0.39, 0.29) is 49.7 Å². The summed E-state index contributed by atoms with van der Waals surface area (Å²) >= 11 is 0. The number of aromatic nitrogens is 1. The van der Waals surface area contributed by atoms with Gasteiger partial charge in [-0.2, -0.15) is 0 Å². The number of allylic oxidation sites excluding steroid dienone is 1. The number of carbonyl (C=O) groups excluding carboxylic acids is 2. The molecule has 3 aliphatic rings. The van der Waals surface area contributed by atoms with Crippen molar-refractivity contribution < 1.29 is 29.6 Å². The molecule has 292 valence electrons. The van der Waals surface area contributed by atoms with Gasteiger partial charge in [0, 0.05) is 43.2 Å². The Balaban J connectivity index is 1.06. The highest BCUT2D eigenvalue weighted by Crippen LogP contribution is 2.48. The fraction of sp³-hybridized carbons (Fsp3) is 0.312. The summed E-state index contributed by atoms with van der Waals surface area (Å²) < 4.78 is 6.25. The molecular weight excluding hydrogens is 715 g/mol. The molecule has 2 amide bonds. The van der Waals surface area contributed by atoms with Crippen molar-refractivity contribution in [2.45, 2.75) is 50.8 Å². The van der Waals surface area contributed by atoms with E-state index in [1.54, 1.807) is 12.3 Å². The highest BCUT2D eigenvalue weighted by Gasteiger charge is 2.56. The topological polar surface area (TPSA) is 123 Å². The zero-order chi connectivity index (χ0) is 39.3. The average molecular weight is 764 g/mol. The number of phenolic OH excluding ortho intramolecular Hbond substituents is 1. The number of piperidine rings is 1. The number of likely N-dealkylation sites (tertiary alicyclic amines) is 2. The molecule has 4 atom stereocenters. The second-order valence-electron chi connectivity index (χ2n) is 15.5. The second-order valence-corrected chi connectivity index (χ2v) is 15.5. The van der Waals surface area contributed by atoms with Crippen LogP contribution in [-0.4, -0.2) is 80.4 Å². The van der Waals surface area contributed by atoms with Crippen molar-refractivity contribution in [1.82, 2.24) is 14.8 Å². The smallest absolute Gasteiger partial charge is 0.234 e. The lowest BCUT2D eigenvalue weighted by Gasteiger charge is -2.37. The fourth-order valence-corrected chi connectivity index (χ4v) is 9.24. The van der Waals surface area contributed by atoms with E-state index in [9.17, 15) is 24.9 Å². The molecule has 0 saturated carbocycles. The van der Waals surface area contributed by atoms with Gasteiger partial charge in [0.25, 0.3) is 0 Å². The lowest BCUT2D eigenvalue weighted by molar-refractivity contribution is -0.144. The van der Waals surface area contributed by atoms with Crippen LogP contribution in [-0.2, 0) is 16.1 Å². The molecule has 1 aliphatic carbocycles. The molecule has 2 fully saturated rings. The lowest BCUT2D eigenvalue weighted by atomic mass is 9.68. The summed E-state index contributed by atoms with van der Waals surface area (Å²) in [5, 5.41) is 35.5. The van der Waals surface area contributed by atoms with Crippen molar-refractivity contribution in [3.8, 4) is 11.5 Å². The quantitative estimate of drug-likeness (QED) is 0.0846. The summed E-state index contributed by atoms with van der Waals surface area (Å²) in [6.07, 6.45) is 5.13. The average Bonchev–Trinajstić information content (AvgIpc) is 3.51. The molecule has 4 aromatic carbocycles. The van der Waals surface area contributed by atoms with Gasteiger partial charge in [-0.25, -0.2) is 0 Å². The zero-order valence-electron chi connectivity index (χ0n) is 32.0. The molecule has 2 aliphatic heterocycles. The number of carbonyl (C=O) groups is 2. The van der Waals surface area contributed by atoms with E-state index in [0.717, 1.165) is 52.8 Å². The van der Waals surface area contributed by atoms with Gasteiger partial charge in [0.2, 0.25) is 11.8 Å². The molecule has 1 aromatic heterocycles. The van der Waals surface area contributed by atoms with Crippen LogP contribution in [0.15, 0.2) is 133 Å². The first kappa shape index (κ1) is 38.3. The molecule has 2 saturated heterocycles. The molecule has 9 nitrogen and oxygen atoms in total. The molecule has 9 heteroatoms. The lowest BCUT2D eigenvalue weighted by Crippen LogP contribution is -2.47. The molecule has 3 N–H and O–H groups in total. The van der Waals surface area contributed by atoms with Crippen molar-refractivity contribution in [2.24, 2.45) is 17.8 Å². The van der Waals surface area contributed by atoms with Gasteiger partial charge in [-0.05, 0) is 102 Å². The summed E-state index contributed by atoms with van der Waals surface area (Å²) in [7, 11) is 0. The number of phenols is 1. The molecule has 0 bridgehead atoms. The first-order valence-electron chi connectivity index (χ1n) is 20.0. The zero-order valence-corrected chi connectivity index (χ0v) is 32.0. The first-order chi connectivity index (χ1) is 27.9. The third-order valence-corrected chi connectivity index (χ3v) is 12.0. The maximum atomic E-state index is 14.4. The minimum Gasteiger partial charge on any atom is -0.507 e. The third kappa shape index (κ3) is 8.14.